The SMILES string of the molecule is C=CCOP(=O)(F)NP(=O)(O)F.[Li][Li]. The topological polar surface area (TPSA) is 75.6 Å². The van der Waals surface area contributed by atoms with Crippen molar-refractivity contribution in [1.29, 1.82) is 0 Å². The molecule has 2 atom stereocenters. The van der Waals surface area contributed by atoms with Crippen LogP contribution in [0.15, 0.2) is 12.7 Å². The third-order valence-corrected chi connectivity index (χ3v) is 3.02. The Morgan fingerprint density at radius 1 is 1.50 bits per heavy atom. The molecule has 0 bridgehead atoms. The van der Waals surface area contributed by atoms with Crippen molar-refractivity contribution in [2.24, 2.45) is 0 Å². The predicted molar refractivity (Wildman–Crippen MR) is 50.4 cm³/mol. The Kier molecular flexibility index (Phi) is 10.4. The summed E-state index contributed by atoms with van der Waals surface area (Å²) in [5.41, 5.74) is 0. The fourth-order valence-electron chi connectivity index (χ4n) is 0.325. The van der Waals surface area contributed by atoms with Gasteiger partial charge in [-0.3, -0.25) is 4.52 Å². The molecule has 0 aromatic heterocycles. The summed E-state index contributed by atoms with van der Waals surface area (Å²) < 4.78 is 48.2. The number of nitrogens with one attached hydrogen (secondary N) is 1. The van der Waals surface area contributed by atoms with Gasteiger partial charge >= 0.3 is 46.4 Å². The molecule has 14 heavy (non-hydrogen) atoms. The molecule has 0 rings (SSSR count). The molecular formula is C3H7F2Li2NO4P2. The van der Waals surface area contributed by atoms with E-state index >= 15 is 0 Å². The van der Waals surface area contributed by atoms with Crippen LogP contribution in [0.5, 0.6) is 0 Å². The van der Waals surface area contributed by atoms with Crippen LogP contribution in [0.2, 0.25) is 0 Å². The second-order valence-electron chi connectivity index (χ2n) is 1.67. The molecule has 0 fully saturated rings. The molecule has 0 saturated heterocycles. The molecule has 74 valence electrons. The molecule has 0 aliphatic heterocycles. The summed E-state index contributed by atoms with van der Waals surface area (Å²) in [6.07, 6.45) is 1.05. The Morgan fingerprint density at radius 3 is 2.21 bits per heavy atom. The second-order valence-corrected chi connectivity index (χ2v) is 4.69. The Labute approximate surface area is 97.3 Å². The third kappa shape index (κ3) is 13.1. The van der Waals surface area contributed by atoms with E-state index in [-0.39, 0.29) is 0 Å². The van der Waals surface area contributed by atoms with E-state index in [4.69, 9.17) is 4.89 Å². The van der Waals surface area contributed by atoms with Crippen molar-refractivity contribution in [2.45, 2.75) is 0 Å². The monoisotopic (exact) mass is 235 g/mol. The van der Waals surface area contributed by atoms with Crippen molar-refractivity contribution in [1.82, 2.24) is 4.86 Å². The van der Waals surface area contributed by atoms with Crippen LogP contribution in [0, 0.1) is 0 Å². The molecule has 2 N–H and O–H groups in total. The quantitative estimate of drug-likeness (QED) is 0.424. The van der Waals surface area contributed by atoms with Gasteiger partial charge in [-0.2, -0.15) is 0 Å². The number of hydrogen-bond acceptors (Lipinski definition) is 3. The van der Waals surface area contributed by atoms with Gasteiger partial charge in [-0.25, -0.2) is 9.13 Å². The molecular weight excluding hydrogens is 228 g/mol. The fraction of sp³-hybridized carbons (Fsp3) is 0.333. The Morgan fingerprint density at radius 2 is 1.93 bits per heavy atom. The maximum absolute atomic E-state index is 12.4. The Bertz CT molecular complexity index is 259. The normalized spacial score (nSPS) is 18.5. The summed E-state index contributed by atoms with van der Waals surface area (Å²) in [5, 5.41) is 0. The molecule has 0 aromatic rings. The average Bonchev–Trinajstić information content (AvgIpc) is 2.00. The first-order valence-corrected chi connectivity index (χ1v) is 6.70. The van der Waals surface area contributed by atoms with Crippen molar-refractivity contribution in [3.63, 3.8) is 0 Å². The van der Waals surface area contributed by atoms with Gasteiger partial charge in [0, 0.05) is 0 Å². The first-order valence-electron chi connectivity index (χ1n) is 3.64. The van der Waals surface area contributed by atoms with Gasteiger partial charge in [-0.05, 0) is 0 Å². The minimum atomic E-state index is -5.37. The van der Waals surface area contributed by atoms with Crippen molar-refractivity contribution in [2.75, 3.05) is 6.61 Å². The van der Waals surface area contributed by atoms with Gasteiger partial charge in [0.15, 0.2) is 0 Å². The van der Waals surface area contributed by atoms with Gasteiger partial charge in [0.05, 0.1) is 6.61 Å². The molecule has 2 unspecified atom stereocenters. The minimum absolute atomic E-state index is 0.458. The molecule has 0 heterocycles. The molecule has 0 aliphatic carbocycles. The Balaban J connectivity index is 0. The first kappa shape index (κ1) is 17.5. The van der Waals surface area contributed by atoms with Crippen LogP contribution in [0.4, 0.5) is 8.39 Å². The molecule has 0 amide bonds. The van der Waals surface area contributed by atoms with Gasteiger partial charge in [0.25, 0.3) is 0 Å². The summed E-state index contributed by atoms with van der Waals surface area (Å²) in [7, 11) is -10.4. The zero-order valence-electron chi connectivity index (χ0n) is 7.81. The summed E-state index contributed by atoms with van der Waals surface area (Å²) >= 11 is 4.00. The van der Waals surface area contributed by atoms with E-state index in [2.05, 4.69) is 11.1 Å². The van der Waals surface area contributed by atoms with E-state index in [1.165, 1.54) is 0 Å². The second kappa shape index (κ2) is 8.31. The zero-order chi connectivity index (χ0) is 11.8. The molecule has 0 aliphatic rings. The maximum atomic E-state index is 12.4. The van der Waals surface area contributed by atoms with Gasteiger partial charge in [-0.15, -0.1) is 19.8 Å². The van der Waals surface area contributed by atoms with Crippen LogP contribution in [-0.4, -0.2) is 42.3 Å². The molecule has 0 radical (unpaired) electrons. The summed E-state index contributed by atoms with van der Waals surface area (Å²) in [5.74, 6) is 0. The van der Waals surface area contributed by atoms with E-state index in [0.717, 1.165) is 6.08 Å². The van der Waals surface area contributed by atoms with Crippen LogP contribution in [0.25, 0.3) is 0 Å². The fourth-order valence-corrected chi connectivity index (χ4v) is 2.03. The van der Waals surface area contributed by atoms with Gasteiger partial charge in [0.2, 0.25) is 0 Å². The van der Waals surface area contributed by atoms with Crippen molar-refractivity contribution in [3.8, 4) is 0 Å². The third-order valence-electron chi connectivity index (χ3n) is 0.601. The first-order chi connectivity index (χ1) is 6.27. The van der Waals surface area contributed by atoms with Gasteiger partial charge < -0.3 is 4.89 Å². The van der Waals surface area contributed by atoms with E-state index < -0.39 is 22.3 Å². The standard InChI is InChI=1S/C3H7F2NO4P2.2Li/c1-2-3-10-12(5,9)6-11(4,7)8;;/h2H,1,3H2,(H2,6,7,8,9);;. The van der Waals surface area contributed by atoms with Crippen LogP contribution in [0.1, 0.15) is 0 Å². The van der Waals surface area contributed by atoms with Gasteiger partial charge in [-0.1, -0.05) is 6.08 Å². The van der Waals surface area contributed by atoms with E-state index in [0.29, 0.717) is 4.86 Å². The summed E-state index contributed by atoms with van der Waals surface area (Å²) in [6, 6.07) is 0. The van der Waals surface area contributed by atoms with E-state index in [1.54, 1.807) is 0 Å². The average molecular weight is 235 g/mol. The van der Waals surface area contributed by atoms with E-state index in [9.17, 15) is 17.5 Å². The molecule has 0 saturated carbocycles. The van der Waals surface area contributed by atoms with Crippen LogP contribution >= 0.6 is 15.7 Å². The predicted octanol–water partition coefficient (Wildman–Crippen LogP) is 1.16. The van der Waals surface area contributed by atoms with Crippen molar-refractivity contribution < 1.29 is 26.9 Å². The Hall–Kier alpha value is 1.13. The van der Waals surface area contributed by atoms with Crippen LogP contribution in [-0.2, 0) is 13.7 Å². The molecule has 0 spiro atoms. The number of halogens is 2. The molecule has 5 nitrogen and oxygen atoms in total. The van der Waals surface area contributed by atoms with E-state index in [1.807, 2.05) is 30.8 Å². The summed E-state index contributed by atoms with van der Waals surface area (Å²) in [4.78, 5) is 8.61. The van der Waals surface area contributed by atoms with Crippen molar-refractivity contribution in [3.05, 3.63) is 12.7 Å². The number of hydrogen-bond donors (Lipinski definition) is 2. The molecule has 11 heteroatoms. The number of rotatable bonds is 5. The summed E-state index contributed by atoms with van der Waals surface area (Å²) in [6.45, 7) is 2.64. The van der Waals surface area contributed by atoms with Crippen LogP contribution < -0.4 is 4.86 Å². The van der Waals surface area contributed by atoms with Gasteiger partial charge in [0.1, 0.15) is 0 Å². The van der Waals surface area contributed by atoms with Crippen LogP contribution in [0.3, 0.4) is 0 Å². The zero-order valence-corrected chi connectivity index (χ0v) is 9.60. The molecule has 0 aromatic carbocycles. The van der Waals surface area contributed by atoms with Crippen molar-refractivity contribution >= 4 is 46.4 Å².